The summed E-state index contributed by atoms with van der Waals surface area (Å²) in [6.07, 6.45) is 1.30. The van der Waals surface area contributed by atoms with Crippen molar-refractivity contribution in [3.8, 4) is 16.9 Å². The molecule has 150 valence electrons. The molecule has 1 aliphatic heterocycles. The van der Waals surface area contributed by atoms with Gasteiger partial charge in [-0.3, -0.25) is 0 Å². The first-order valence-electron chi connectivity index (χ1n) is 9.72. The van der Waals surface area contributed by atoms with Crippen LogP contribution in [0.3, 0.4) is 0 Å². The van der Waals surface area contributed by atoms with E-state index in [1.54, 1.807) is 11.0 Å². The summed E-state index contributed by atoms with van der Waals surface area (Å²) in [6, 6.07) is 12.7. The van der Waals surface area contributed by atoms with Crippen molar-refractivity contribution < 1.29 is 18.7 Å². The molecule has 2 aromatic rings. The first-order valence-corrected chi connectivity index (χ1v) is 9.72. The van der Waals surface area contributed by atoms with Gasteiger partial charge in [0, 0.05) is 31.5 Å². The fourth-order valence-corrected chi connectivity index (χ4v) is 3.24. The molecule has 0 atom stereocenters. The van der Waals surface area contributed by atoms with Gasteiger partial charge in [0.05, 0.1) is 0 Å². The zero-order valence-electron chi connectivity index (χ0n) is 17.0. The van der Waals surface area contributed by atoms with E-state index in [9.17, 15) is 9.18 Å². The van der Waals surface area contributed by atoms with Crippen LogP contribution < -0.4 is 4.74 Å². The number of amides is 1. The summed E-state index contributed by atoms with van der Waals surface area (Å²) >= 11 is 0. The lowest BCUT2D eigenvalue weighted by Gasteiger charge is -2.33. The van der Waals surface area contributed by atoms with E-state index < -0.39 is 5.60 Å². The number of ether oxygens (including phenoxy) is 2. The number of hydrogen-bond acceptors (Lipinski definition) is 3. The van der Waals surface area contributed by atoms with Crippen molar-refractivity contribution in [2.75, 3.05) is 13.1 Å². The van der Waals surface area contributed by atoms with Crippen LogP contribution in [0.4, 0.5) is 9.18 Å². The van der Waals surface area contributed by atoms with Crippen LogP contribution in [0, 0.1) is 12.7 Å². The molecule has 1 fully saturated rings. The number of likely N-dealkylation sites (tertiary alicyclic amines) is 1. The van der Waals surface area contributed by atoms with Crippen LogP contribution in [0.2, 0.25) is 0 Å². The highest BCUT2D eigenvalue weighted by Crippen LogP contribution is 2.27. The second kappa shape index (κ2) is 8.21. The van der Waals surface area contributed by atoms with E-state index in [-0.39, 0.29) is 18.0 Å². The molecule has 2 aromatic carbocycles. The Morgan fingerprint density at radius 1 is 1.07 bits per heavy atom. The predicted octanol–water partition coefficient (Wildman–Crippen LogP) is 5.58. The van der Waals surface area contributed by atoms with Crippen molar-refractivity contribution in [2.24, 2.45) is 0 Å². The third kappa shape index (κ3) is 5.24. The number of benzene rings is 2. The third-order valence-corrected chi connectivity index (χ3v) is 4.69. The molecule has 0 aliphatic carbocycles. The number of nitrogens with zero attached hydrogens (tertiary/aromatic N) is 1. The fourth-order valence-electron chi connectivity index (χ4n) is 3.24. The second-order valence-corrected chi connectivity index (χ2v) is 8.29. The monoisotopic (exact) mass is 385 g/mol. The molecule has 0 saturated carbocycles. The van der Waals surface area contributed by atoms with Crippen LogP contribution >= 0.6 is 0 Å². The number of halogens is 1. The molecule has 1 saturated heterocycles. The van der Waals surface area contributed by atoms with Crippen molar-refractivity contribution in [1.29, 1.82) is 0 Å². The molecule has 28 heavy (non-hydrogen) atoms. The Morgan fingerprint density at radius 2 is 1.71 bits per heavy atom. The average molecular weight is 385 g/mol. The Labute approximate surface area is 166 Å². The van der Waals surface area contributed by atoms with Crippen molar-refractivity contribution in [3.63, 3.8) is 0 Å². The van der Waals surface area contributed by atoms with Crippen LogP contribution in [0.15, 0.2) is 42.5 Å². The van der Waals surface area contributed by atoms with Gasteiger partial charge in [-0.05, 0) is 57.0 Å². The molecule has 0 N–H and O–H groups in total. The number of aryl methyl sites for hydroxylation is 1. The molecule has 1 aliphatic rings. The first-order chi connectivity index (χ1) is 13.2. The van der Waals surface area contributed by atoms with E-state index in [0.29, 0.717) is 18.7 Å². The summed E-state index contributed by atoms with van der Waals surface area (Å²) in [7, 11) is 0. The zero-order valence-corrected chi connectivity index (χ0v) is 17.0. The molecule has 4 nitrogen and oxygen atoms in total. The highest BCUT2D eigenvalue weighted by Gasteiger charge is 2.27. The highest BCUT2D eigenvalue weighted by molar-refractivity contribution is 5.68. The number of rotatable bonds is 3. The van der Waals surface area contributed by atoms with Crippen molar-refractivity contribution >= 4 is 6.09 Å². The smallest absolute Gasteiger partial charge is 0.410 e. The maximum Gasteiger partial charge on any atom is 0.410 e. The molecule has 0 spiro atoms. The number of carbonyl (C=O) groups is 1. The normalized spacial score (nSPS) is 15.4. The van der Waals surface area contributed by atoms with Gasteiger partial charge in [-0.25, -0.2) is 9.18 Å². The fraction of sp³-hybridized carbons (Fsp3) is 0.435. The van der Waals surface area contributed by atoms with E-state index in [1.165, 1.54) is 6.07 Å². The summed E-state index contributed by atoms with van der Waals surface area (Å²) in [6.45, 7) is 8.71. The van der Waals surface area contributed by atoms with Crippen LogP contribution in [0.5, 0.6) is 5.75 Å². The molecule has 0 aromatic heterocycles. The Bertz CT molecular complexity index is 819. The molecule has 3 rings (SSSR count). The third-order valence-electron chi connectivity index (χ3n) is 4.69. The van der Waals surface area contributed by atoms with Crippen LogP contribution in [-0.2, 0) is 4.74 Å². The lowest BCUT2D eigenvalue weighted by atomic mass is 10.0. The SMILES string of the molecule is Cc1ccc(-c2ccc(OC3CCN(C(=O)OC(C)(C)C)CC3)cc2)c(F)c1. The molecular weight excluding hydrogens is 357 g/mol. The van der Waals surface area contributed by atoms with Crippen molar-refractivity contribution in [2.45, 2.75) is 52.2 Å². The maximum absolute atomic E-state index is 14.1. The Balaban J connectivity index is 1.55. The van der Waals surface area contributed by atoms with E-state index in [1.807, 2.05) is 58.0 Å². The largest absolute Gasteiger partial charge is 0.490 e. The summed E-state index contributed by atoms with van der Waals surface area (Å²) < 4.78 is 25.6. The van der Waals surface area contributed by atoms with Gasteiger partial charge < -0.3 is 14.4 Å². The van der Waals surface area contributed by atoms with E-state index >= 15 is 0 Å². The molecule has 1 amide bonds. The Kier molecular flexibility index (Phi) is 5.92. The minimum absolute atomic E-state index is 0.0562. The van der Waals surface area contributed by atoms with Crippen molar-refractivity contribution in [1.82, 2.24) is 4.90 Å². The molecule has 1 heterocycles. The second-order valence-electron chi connectivity index (χ2n) is 8.29. The van der Waals surface area contributed by atoms with Gasteiger partial charge in [0.15, 0.2) is 0 Å². The number of piperidine rings is 1. The summed E-state index contributed by atoms with van der Waals surface area (Å²) in [4.78, 5) is 13.9. The maximum atomic E-state index is 14.1. The number of hydrogen-bond donors (Lipinski definition) is 0. The minimum atomic E-state index is -0.483. The summed E-state index contributed by atoms with van der Waals surface area (Å²) in [5.74, 6) is 0.537. The molecule has 0 radical (unpaired) electrons. The number of carbonyl (C=O) groups excluding carboxylic acids is 1. The van der Waals surface area contributed by atoms with Gasteiger partial charge >= 0.3 is 6.09 Å². The molecule has 5 heteroatoms. The van der Waals surface area contributed by atoms with E-state index in [0.717, 1.165) is 29.7 Å². The van der Waals surface area contributed by atoms with Gasteiger partial charge in [0.1, 0.15) is 23.3 Å². The van der Waals surface area contributed by atoms with Gasteiger partial charge in [-0.1, -0.05) is 24.3 Å². The van der Waals surface area contributed by atoms with Crippen LogP contribution in [0.1, 0.15) is 39.2 Å². The van der Waals surface area contributed by atoms with Gasteiger partial charge in [-0.15, -0.1) is 0 Å². The standard InChI is InChI=1S/C23H28FNO3/c1-16-5-10-20(21(24)15-16)17-6-8-18(9-7-17)27-19-11-13-25(14-12-19)22(26)28-23(2,3)4/h5-10,15,19H,11-14H2,1-4H3. The van der Waals surface area contributed by atoms with Gasteiger partial charge in [0.2, 0.25) is 0 Å². The lowest BCUT2D eigenvalue weighted by Crippen LogP contribution is -2.44. The van der Waals surface area contributed by atoms with Crippen LogP contribution in [0.25, 0.3) is 11.1 Å². The first kappa shape index (κ1) is 20.2. The van der Waals surface area contributed by atoms with Crippen LogP contribution in [-0.4, -0.2) is 35.8 Å². The summed E-state index contributed by atoms with van der Waals surface area (Å²) in [5.41, 5.74) is 1.83. The van der Waals surface area contributed by atoms with Gasteiger partial charge in [-0.2, -0.15) is 0 Å². The van der Waals surface area contributed by atoms with Crippen molar-refractivity contribution in [3.05, 3.63) is 53.8 Å². The Hall–Kier alpha value is -2.56. The predicted molar refractivity (Wildman–Crippen MR) is 108 cm³/mol. The summed E-state index contributed by atoms with van der Waals surface area (Å²) in [5, 5.41) is 0. The van der Waals surface area contributed by atoms with E-state index in [4.69, 9.17) is 9.47 Å². The highest BCUT2D eigenvalue weighted by atomic mass is 19.1. The average Bonchev–Trinajstić information content (AvgIpc) is 2.62. The molecule has 0 unspecified atom stereocenters. The molecular formula is C23H28FNO3. The zero-order chi connectivity index (χ0) is 20.3. The topological polar surface area (TPSA) is 38.8 Å². The lowest BCUT2D eigenvalue weighted by molar-refractivity contribution is 0.0126. The Morgan fingerprint density at radius 3 is 2.29 bits per heavy atom. The molecule has 0 bridgehead atoms. The quantitative estimate of drug-likeness (QED) is 0.692. The van der Waals surface area contributed by atoms with E-state index in [2.05, 4.69) is 0 Å². The van der Waals surface area contributed by atoms with Gasteiger partial charge in [0.25, 0.3) is 0 Å². The minimum Gasteiger partial charge on any atom is -0.490 e.